The van der Waals surface area contributed by atoms with E-state index in [0.717, 1.165) is 0 Å². The summed E-state index contributed by atoms with van der Waals surface area (Å²) in [6.45, 7) is 0. The number of rotatable bonds is 0. The summed E-state index contributed by atoms with van der Waals surface area (Å²) in [5.41, 5.74) is 0. The Morgan fingerprint density at radius 1 is 1.00 bits per heavy atom. The van der Waals surface area contributed by atoms with Crippen LogP contribution in [0.2, 0.25) is 0 Å². The average molecular weight is 148 g/mol. The van der Waals surface area contributed by atoms with E-state index in [4.69, 9.17) is 14.7 Å². The van der Waals surface area contributed by atoms with Crippen molar-refractivity contribution in [2.45, 2.75) is 0 Å². The van der Waals surface area contributed by atoms with E-state index in [-0.39, 0.29) is 67.3 Å². The third-order valence-corrected chi connectivity index (χ3v) is 0. The van der Waals surface area contributed by atoms with Crippen LogP contribution in [0.4, 0.5) is 0 Å². The molecule has 6 heavy (non-hydrogen) atoms. The van der Waals surface area contributed by atoms with Crippen LogP contribution >= 0.6 is 8.60 Å². The summed E-state index contributed by atoms with van der Waals surface area (Å²) in [6, 6.07) is 0. The normalized spacial score (nSPS) is 6.00. The van der Waals surface area contributed by atoms with Gasteiger partial charge < -0.3 is 14.7 Å². The molecule has 0 aliphatic heterocycles. The van der Waals surface area contributed by atoms with E-state index in [2.05, 4.69) is 0 Å². The maximum atomic E-state index is 7.23. The van der Waals surface area contributed by atoms with Crippen molar-refractivity contribution in [3.05, 3.63) is 0 Å². The van der Waals surface area contributed by atoms with Crippen LogP contribution in [0.3, 0.4) is 0 Å². The van der Waals surface area contributed by atoms with Gasteiger partial charge in [0.2, 0.25) is 0 Å². The fourth-order valence-corrected chi connectivity index (χ4v) is 0. The predicted octanol–water partition coefficient (Wildman–Crippen LogP) is -2.37. The van der Waals surface area contributed by atoms with E-state index in [0.29, 0.717) is 0 Å². The SMILES string of the molecule is OP(O)O.[CaH2].[NaH]. The van der Waals surface area contributed by atoms with Gasteiger partial charge in [-0.1, -0.05) is 0 Å². The summed E-state index contributed by atoms with van der Waals surface area (Å²) in [5, 5.41) is 0. The minimum absolute atomic E-state index is 0. The summed E-state index contributed by atoms with van der Waals surface area (Å²) in [6.07, 6.45) is 0. The first kappa shape index (κ1) is 15.8. The Hall–Kier alpha value is 2.57. The maximum absolute atomic E-state index is 7.23. The van der Waals surface area contributed by atoms with Gasteiger partial charge in [0, 0.05) is 0 Å². The summed E-state index contributed by atoms with van der Waals surface area (Å²) < 4.78 is 0. The summed E-state index contributed by atoms with van der Waals surface area (Å²) >= 11 is 0. The molecule has 6 heteroatoms. The first-order valence-corrected chi connectivity index (χ1v) is 1.80. The van der Waals surface area contributed by atoms with Gasteiger partial charge in [-0.25, -0.2) is 0 Å². The molecule has 0 aliphatic rings. The average Bonchev–Trinajstić information content (AvgIpc) is 0.811. The zero-order valence-corrected chi connectivity index (χ0v) is 2.68. The van der Waals surface area contributed by atoms with Crippen molar-refractivity contribution in [2.75, 3.05) is 0 Å². The van der Waals surface area contributed by atoms with Gasteiger partial charge in [-0.15, -0.1) is 0 Å². The molecule has 0 amide bonds. The molecule has 0 rings (SSSR count). The van der Waals surface area contributed by atoms with Crippen molar-refractivity contribution in [3.8, 4) is 0 Å². The van der Waals surface area contributed by atoms with Crippen LogP contribution in [0.25, 0.3) is 0 Å². The Balaban J connectivity index is -0.0000000450. The number of hydrogen-bond acceptors (Lipinski definition) is 3. The van der Waals surface area contributed by atoms with Crippen LogP contribution in [0.1, 0.15) is 0 Å². The van der Waals surface area contributed by atoms with Crippen molar-refractivity contribution in [3.63, 3.8) is 0 Å². The van der Waals surface area contributed by atoms with E-state index in [9.17, 15) is 0 Å². The molecule has 32 valence electrons. The third kappa shape index (κ3) is 30.9. The molecule has 3 nitrogen and oxygen atoms in total. The van der Waals surface area contributed by atoms with E-state index < -0.39 is 8.60 Å². The molecule has 0 aliphatic carbocycles. The second-order valence-corrected chi connectivity index (χ2v) is 0.805. The molecule has 0 radical (unpaired) electrons. The molecule has 0 unspecified atom stereocenters. The first-order valence-electron chi connectivity index (χ1n) is 0.600. The zero-order valence-electron chi connectivity index (χ0n) is 1.79. The second kappa shape index (κ2) is 10.5. The van der Waals surface area contributed by atoms with Crippen LogP contribution in [0, 0.1) is 0 Å². The molecule has 0 bridgehead atoms. The molecule has 0 aromatic heterocycles. The molecule has 0 fully saturated rings. The summed E-state index contributed by atoms with van der Waals surface area (Å²) in [5.74, 6) is 0. The third-order valence-electron chi connectivity index (χ3n) is 0. The Kier molecular flexibility index (Phi) is 27.8. The van der Waals surface area contributed by atoms with Crippen molar-refractivity contribution >= 4 is 75.9 Å². The Labute approximate surface area is 89.0 Å². The van der Waals surface area contributed by atoms with Crippen LogP contribution in [0.15, 0.2) is 0 Å². The molecule has 3 N–H and O–H groups in total. The van der Waals surface area contributed by atoms with Crippen molar-refractivity contribution in [1.29, 1.82) is 0 Å². The van der Waals surface area contributed by atoms with Gasteiger partial charge in [-0.3, -0.25) is 0 Å². The Morgan fingerprint density at radius 2 is 1.00 bits per heavy atom. The topological polar surface area (TPSA) is 60.7 Å². The van der Waals surface area contributed by atoms with Crippen LogP contribution < -0.4 is 0 Å². The Bertz CT molecular complexity index is 15.5. The molecular weight excluding hydrogens is 142 g/mol. The summed E-state index contributed by atoms with van der Waals surface area (Å²) in [7, 11) is -2.62. The summed E-state index contributed by atoms with van der Waals surface area (Å²) in [4.78, 5) is 21.7. The van der Waals surface area contributed by atoms with Gasteiger partial charge in [0.25, 0.3) is 0 Å². The number of hydrogen-bond donors (Lipinski definition) is 3. The quantitative estimate of drug-likeness (QED) is 0.266. The van der Waals surface area contributed by atoms with Crippen molar-refractivity contribution in [2.24, 2.45) is 0 Å². The fourth-order valence-electron chi connectivity index (χ4n) is 0. The van der Waals surface area contributed by atoms with Crippen molar-refractivity contribution < 1.29 is 14.7 Å². The van der Waals surface area contributed by atoms with E-state index in [1.165, 1.54) is 0 Å². The van der Waals surface area contributed by atoms with Gasteiger partial charge in [0.05, 0.1) is 0 Å². The van der Waals surface area contributed by atoms with Gasteiger partial charge in [-0.2, -0.15) is 0 Å². The zero-order chi connectivity index (χ0) is 3.58. The minimum atomic E-state index is -2.62. The molecule has 0 saturated heterocycles. The predicted molar refractivity (Wildman–Crippen MR) is 29.3 cm³/mol. The monoisotopic (exact) mass is 148 g/mol. The molecular formula is H6CaNaO3P. The molecule has 0 spiro atoms. The molecule has 0 saturated carbocycles. The van der Waals surface area contributed by atoms with E-state index in [1.807, 2.05) is 0 Å². The molecule has 0 atom stereocenters. The first-order chi connectivity index (χ1) is 1.73. The fraction of sp³-hybridized carbons (Fsp3) is 0. The van der Waals surface area contributed by atoms with Gasteiger partial charge in [0.15, 0.2) is 0 Å². The van der Waals surface area contributed by atoms with Crippen LogP contribution in [-0.2, 0) is 0 Å². The molecule has 0 heterocycles. The van der Waals surface area contributed by atoms with Crippen LogP contribution in [-0.4, -0.2) is 82.0 Å². The molecule has 0 aromatic rings. The van der Waals surface area contributed by atoms with E-state index >= 15 is 0 Å². The van der Waals surface area contributed by atoms with E-state index in [1.54, 1.807) is 0 Å². The van der Waals surface area contributed by atoms with Crippen LogP contribution in [0.5, 0.6) is 0 Å². The molecule has 0 aromatic carbocycles. The van der Waals surface area contributed by atoms with Crippen molar-refractivity contribution in [1.82, 2.24) is 0 Å². The van der Waals surface area contributed by atoms with Gasteiger partial charge in [-0.05, 0) is 0 Å². The Morgan fingerprint density at radius 3 is 1.00 bits per heavy atom. The van der Waals surface area contributed by atoms with Gasteiger partial charge >= 0.3 is 75.9 Å². The van der Waals surface area contributed by atoms with Gasteiger partial charge in [0.1, 0.15) is 0 Å². The second-order valence-electron chi connectivity index (χ2n) is 0.268. The standard InChI is InChI=1S/Ca.Na.H3O3P.3H/c;;1-4(2)3;;;/h;;1-3H;;;.